The summed E-state index contributed by atoms with van der Waals surface area (Å²) in [7, 11) is 0. The van der Waals surface area contributed by atoms with Gasteiger partial charge in [0.1, 0.15) is 0 Å². The molecule has 0 bridgehead atoms. The number of rotatable bonds is 4. The van der Waals surface area contributed by atoms with Crippen molar-refractivity contribution in [3.05, 3.63) is 29.8 Å². The highest BCUT2D eigenvalue weighted by atomic mass is 16.2. The Morgan fingerprint density at radius 3 is 2.40 bits per heavy atom. The Hall–Kier alpha value is -1.59. The Balaban J connectivity index is 1.64. The van der Waals surface area contributed by atoms with Crippen LogP contribution in [0.5, 0.6) is 0 Å². The van der Waals surface area contributed by atoms with E-state index in [0.717, 1.165) is 57.7 Å². The summed E-state index contributed by atoms with van der Waals surface area (Å²) in [5.41, 5.74) is 7.91. The maximum atomic E-state index is 12.9. The highest BCUT2D eigenvalue weighted by Crippen LogP contribution is 2.24. The molecular formula is C20H32N4O. The lowest BCUT2D eigenvalue weighted by molar-refractivity contribution is 0.0573. The maximum Gasteiger partial charge on any atom is 0.254 e. The van der Waals surface area contributed by atoms with Crippen molar-refractivity contribution in [1.82, 2.24) is 9.80 Å². The van der Waals surface area contributed by atoms with Crippen LogP contribution in [0.3, 0.4) is 0 Å². The molecule has 1 aromatic rings. The van der Waals surface area contributed by atoms with Crippen molar-refractivity contribution >= 4 is 11.6 Å². The van der Waals surface area contributed by atoms with Crippen molar-refractivity contribution in [2.75, 3.05) is 50.7 Å². The van der Waals surface area contributed by atoms with Gasteiger partial charge in [-0.2, -0.15) is 0 Å². The number of hydrogen-bond donors (Lipinski definition) is 1. The van der Waals surface area contributed by atoms with E-state index in [1.807, 2.05) is 17.0 Å². The Labute approximate surface area is 151 Å². The van der Waals surface area contributed by atoms with Gasteiger partial charge in [-0.1, -0.05) is 13.8 Å². The molecule has 1 aromatic carbocycles. The van der Waals surface area contributed by atoms with Crippen molar-refractivity contribution in [1.29, 1.82) is 0 Å². The summed E-state index contributed by atoms with van der Waals surface area (Å²) in [6, 6.07) is 8.33. The number of piperazine rings is 1. The van der Waals surface area contributed by atoms with Crippen LogP contribution in [-0.4, -0.2) is 67.6 Å². The molecule has 0 radical (unpaired) electrons. The second-order valence-corrected chi connectivity index (χ2v) is 7.49. The van der Waals surface area contributed by atoms with Crippen LogP contribution >= 0.6 is 0 Å². The molecule has 2 saturated heterocycles. The van der Waals surface area contributed by atoms with E-state index in [1.165, 1.54) is 5.69 Å². The van der Waals surface area contributed by atoms with E-state index in [-0.39, 0.29) is 11.9 Å². The number of carbonyl (C=O) groups is 1. The van der Waals surface area contributed by atoms with Crippen molar-refractivity contribution < 1.29 is 4.79 Å². The molecule has 5 heteroatoms. The molecule has 0 aromatic heterocycles. The summed E-state index contributed by atoms with van der Waals surface area (Å²) < 4.78 is 0. The van der Waals surface area contributed by atoms with E-state index in [4.69, 9.17) is 5.73 Å². The predicted octanol–water partition coefficient (Wildman–Crippen LogP) is 2.03. The topological polar surface area (TPSA) is 52.8 Å². The fraction of sp³-hybridized carbons (Fsp3) is 0.650. The zero-order chi connectivity index (χ0) is 17.8. The number of nitrogens with zero attached hydrogens (tertiary/aromatic N) is 3. The van der Waals surface area contributed by atoms with Gasteiger partial charge in [0.25, 0.3) is 5.91 Å². The average Bonchev–Trinajstić information content (AvgIpc) is 2.67. The molecule has 0 aliphatic carbocycles. The lowest BCUT2D eigenvalue weighted by atomic mass is 9.92. The van der Waals surface area contributed by atoms with Gasteiger partial charge in [-0.05, 0) is 49.6 Å². The van der Waals surface area contributed by atoms with Crippen LogP contribution in [0, 0.1) is 5.92 Å². The van der Waals surface area contributed by atoms with Gasteiger partial charge in [0.05, 0.1) is 0 Å². The van der Waals surface area contributed by atoms with Crippen LogP contribution in [0.1, 0.15) is 37.0 Å². The number of likely N-dealkylation sites (tertiary alicyclic amines) is 1. The molecule has 1 amide bonds. The monoisotopic (exact) mass is 344 g/mol. The minimum Gasteiger partial charge on any atom is -0.369 e. The number of piperidine rings is 1. The Morgan fingerprint density at radius 2 is 1.80 bits per heavy atom. The quantitative estimate of drug-likeness (QED) is 0.908. The van der Waals surface area contributed by atoms with Gasteiger partial charge in [0.15, 0.2) is 0 Å². The van der Waals surface area contributed by atoms with Crippen molar-refractivity contribution in [2.45, 2.75) is 32.7 Å². The number of hydrogen-bond acceptors (Lipinski definition) is 4. The summed E-state index contributed by atoms with van der Waals surface area (Å²) in [5.74, 6) is 0.784. The normalized spacial score (nSPS) is 25.2. The SMILES string of the molecule is CCN1CCN(c2ccc(C(=O)N3CCC(C)CC3CN)cc2)CC1. The van der Waals surface area contributed by atoms with E-state index in [9.17, 15) is 4.79 Å². The summed E-state index contributed by atoms with van der Waals surface area (Å²) in [6.45, 7) is 11.3. The van der Waals surface area contributed by atoms with Crippen LogP contribution in [0.2, 0.25) is 0 Å². The third kappa shape index (κ3) is 4.15. The van der Waals surface area contributed by atoms with Gasteiger partial charge in [0, 0.05) is 56.6 Å². The third-order valence-electron chi connectivity index (χ3n) is 5.81. The van der Waals surface area contributed by atoms with E-state index in [2.05, 4.69) is 35.8 Å². The molecular weight excluding hydrogens is 312 g/mol. The maximum absolute atomic E-state index is 12.9. The average molecular weight is 345 g/mol. The van der Waals surface area contributed by atoms with Gasteiger partial charge >= 0.3 is 0 Å². The van der Waals surface area contributed by atoms with Crippen LogP contribution in [0.4, 0.5) is 5.69 Å². The first kappa shape index (κ1) is 18.2. The molecule has 2 aliphatic rings. The van der Waals surface area contributed by atoms with Gasteiger partial charge in [-0.3, -0.25) is 4.79 Å². The summed E-state index contributed by atoms with van der Waals surface area (Å²) >= 11 is 0. The molecule has 2 heterocycles. The molecule has 138 valence electrons. The molecule has 0 saturated carbocycles. The van der Waals surface area contributed by atoms with Crippen molar-refractivity contribution in [3.63, 3.8) is 0 Å². The number of nitrogens with two attached hydrogens (primary N) is 1. The molecule has 2 atom stereocenters. The number of benzene rings is 1. The summed E-state index contributed by atoms with van der Waals surface area (Å²) in [5, 5.41) is 0. The van der Waals surface area contributed by atoms with E-state index in [1.54, 1.807) is 0 Å². The first-order chi connectivity index (χ1) is 12.1. The zero-order valence-corrected chi connectivity index (χ0v) is 15.7. The minimum absolute atomic E-state index is 0.129. The molecule has 2 N–H and O–H groups in total. The van der Waals surface area contributed by atoms with E-state index in [0.29, 0.717) is 12.5 Å². The van der Waals surface area contributed by atoms with Gasteiger partial charge in [-0.15, -0.1) is 0 Å². The smallest absolute Gasteiger partial charge is 0.254 e. The van der Waals surface area contributed by atoms with E-state index < -0.39 is 0 Å². The van der Waals surface area contributed by atoms with Crippen molar-refractivity contribution in [2.24, 2.45) is 11.7 Å². The number of anilines is 1. The Bertz CT molecular complexity index is 566. The predicted molar refractivity (Wildman–Crippen MR) is 103 cm³/mol. The summed E-state index contributed by atoms with van der Waals surface area (Å²) in [4.78, 5) is 19.8. The first-order valence-corrected chi connectivity index (χ1v) is 9.70. The first-order valence-electron chi connectivity index (χ1n) is 9.70. The minimum atomic E-state index is 0.129. The number of amides is 1. The lowest BCUT2D eigenvalue weighted by Crippen LogP contribution is -2.49. The van der Waals surface area contributed by atoms with Crippen LogP contribution in [-0.2, 0) is 0 Å². The Kier molecular flexibility index (Phi) is 5.97. The van der Waals surface area contributed by atoms with Crippen LogP contribution in [0.25, 0.3) is 0 Å². The largest absolute Gasteiger partial charge is 0.369 e. The van der Waals surface area contributed by atoms with Gasteiger partial charge in [0.2, 0.25) is 0 Å². The van der Waals surface area contributed by atoms with E-state index >= 15 is 0 Å². The molecule has 2 aliphatic heterocycles. The lowest BCUT2D eigenvalue weighted by Gasteiger charge is -2.38. The summed E-state index contributed by atoms with van der Waals surface area (Å²) in [6.07, 6.45) is 2.09. The molecule has 2 unspecified atom stereocenters. The molecule has 25 heavy (non-hydrogen) atoms. The molecule has 2 fully saturated rings. The van der Waals surface area contributed by atoms with Crippen LogP contribution < -0.4 is 10.6 Å². The second kappa shape index (κ2) is 8.19. The third-order valence-corrected chi connectivity index (χ3v) is 5.81. The highest BCUT2D eigenvalue weighted by Gasteiger charge is 2.29. The van der Waals surface area contributed by atoms with Crippen LogP contribution in [0.15, 0.2) is 24.3 Å². The standard InChI is InChI=1S/C20H32N4O/c1-3-22-10-12-23(13-11-22)18-6-4-17(5-7-18)20(25)24-9-8-16(2)14-19(24)15-21/h4-7,16,19H,3,8-15,21H2,1-2H3. The number of likely N-dealkylation sites (N-methyl/N-ethyl adjacent to an activating group) is 1. The molecule has 0 spiro atoms. The fourth-order valence-electron chi connectivity index (χ4n) is 4.05. The fourth-order valence-corrected chi connectivity index (χ4v) is 4.05. The van der Waals surface area contributed by atoms with Crippen molar-refractivity contribution in [3.8, 4) is 0 Å². The molecule has 5 nitrogen and oxygen atoms in total. The van der Waals surface area contributed by atoms with Gasteiger partial charge in [-0.25, -0.2) is 0 Å². The second-order valence-electron chi connectivity index (χ2n) is 7.49. The highest BCUT2D eigenvalue weighted by molar-refractivity contribution is 5.94. The number of carbonyl (C=O) groups excluding carboxylic acids is 1. The Morgan fingerprint density at radius 1 is 1.12 bits per heavy atom. The molecule has 3 rings (SSSR count). The van der Waals surface area contributed by atoms with Gasteiger partial charge < -0.3 is 20.4 Å². The zero-order valence-electron chi connectivity index (χ0n) is 15.7.